The Morgan fingerprint density at radius 3 is 2.30 bits per heavy atom. The van der Waals surface area contributed by atoms with Gasteiger partial charge in [-0.2, -0.15) is 0 Å². The highest BCUT2D eigenvalue weighted by Gasteiger charge is 2.37. The molecule has 2 heterocycles. The summed E-state index contributed by atoms with van der Waals surface area (Å²) < 4.78 is 0. The number of likely N-dealkylation sites (N-methyl/N-ethyl adjacent to an activating group) is 1. The second kappa shape index (κ2) is 6.67. The molecule has 0 unspecified atom stereocenters. The van der Waals surface area contributed by atoms with Crippen LogP contribution in [0.25, 0.3) is 0 Å². The van der Waals surface area contributed by atoms with Crippen LogP contribution in [-0.2, 0) is 4.79 Å². The highest BCUT2D eigenvalue weighted by atomic mass is 16.2. The number of hydrogen-bond donors (Lipinski definition) is 1. The van der Waals surface area contributed by atoms with Gasteiger partial charge in [0.15, 0.2) is 0 Å². The molecule has 0 spiro atoms. The maximum atomic E-state index is 12.5. The van der Waals surface area contributed by atoms with Gasteiger partial charge >= 0.3 is 6.03 Å². The van der Waals surface area contributed by atoms with E-state index in [0.717, 1.165) is 32.4 Å². The molecule has 2 aliphatic heterocycles. The van der Waals surface area contributed by atoms with Gasteiger partial charge in [0, 0.05) is 32.7 Å². The van der Waals surface area contributed by atoms with Gasteiger partial charge in [-0.15, -0.1) is 0 Å². The molecule has 1 N–H and O–H groups in total. The minimum Gasteiger partial charge on any atom is -0.338 e. The largest absolute Gasteiger partial charge is 0.338 e. The summed E-state index contributed by atoms with van der Waals surface area (Å²) in [6.45, 7) is 6.67. The van der Waals surface area contributed by atoms with E-state index in [4.69, 9.17) is 0 Å². The molecule has 23 heavy (non-hydrogen) atoms. The van der Waals surface area contributed by atoms with Crippen molar-refractivity contribution in [1.29, 1.82) is 0 Å². The van der Waals surface area contributed by atoms with Gasteiger partial charge in [-0.05, 0) is 51.1 Å². The number of rotatable bonds is 4. The Morgan fingerprint density at radius 1 is 1.09 bits per heavy atom. The molecule has 3 aliphatic rings. The van der Waals surface area contributed by atoms with Crippen molar-refractivity contribution < 1.29 is 9.59 Å². The van der Waals surface area contributed by atoms with Gasteiger partial charge in [-0.1, -0.05) is 6.92 Å². The smallest absolute Gasteiger partial charge is 0.317 e. The van der Waals surface area contributed by atoms with E-state index in [1.807, 2.05) is 16.8 Å². The van der Waals surface area contributed by atoms with Crippen molar-refractivity contribution >= 4 is 11.9 Å². The summed E-state index contributed by atoms with van der Waals surface area (Å²) in [6.07, 6.45) is 5.73. The molecule has 0 radical (unpaired) electrons. The molecule has 1 atom stereocenters. The van der Waals surface area contributed by atoms with Gasteiger partial charge in [0.2, 0.25) is 5.91 Å². The fourth-order valence-corrected chi connectivity index (χ4v) is 3.61. The molecule has 3 fully saturated rings. The molecular formula is C17H30N4O2. The molecule has 3 rings (SSSR count). The van der Waals surface area contributed by atoms with Crippen LogP contribution in [0.1, 0.15) is 39.0 Å². The fraction of sp³-hybridized carbons (Fsp3) is 0.882. The summed E-state index contributed by atoms with van der Waals surface area (Å²) in [5.74, 6) is 0.242. The molecule has 6 heteroatoms. The van der Waals surface area contributed by atoms with Crippen molar-refractivity contribution in [3.05, 3.63) is 0 Å². The van der Waals surface area contributed by atoms with Crippen LogP contribution in [0.15, 0.2) is 0 Å². The van der Waals surface area contributed by atoms with Crippen molar-refractivity contribution in [1.82, 2.24) is 20.0 Å². The van der Waals surface area contributed by atoms with Crippen molar-refractivity contribution in [2.45, 2.75) is 45.1 Å². The monoisotopic (exact) mass is 322 g/mol. The van der Waals surface area contributed by atoms with Gasteiger partial charge < -0.3 is 15.1 Å². The Labute approximate surface area is 139 Å². The van der Waals surface area contributed by atoms with Crippen LogP contribution in [-0.4, -0.2) is 79.0 Å². The van der Waals surface area contributed by atoms with Crippen molar-refractivity contribution in [3.8, 4) is 0 Å². The molecular weight excluding hydrogens is 292 g/mol. The van der Waals surface area contributed by atoms with Gasteiger partial charge in [-0.25, -0.2) is 4.79 Å². The summed E-state index contributed by atoms with van der Waals surface area (Å²) in [4.78, 5) is 30.7. The van der Waals surface area contributed by atoms with Crippen molar-refractivity contribution in [2.24, 2.45) is 5.41 Å². The molecule has 0 bridgehead atoms. The number of carbonyl (C=O) groups is 2. The number of piperazine rings is 1. The van der Waals surface area contributed by atoms with Crippen LogP contribution in [0.3, 0.4) is 0 Å². The first-order valence-electron chi connectivity index (χ1n) is 9.00. The first-order chi connectivity index (χ1) is 11.0. The number of urea groups is 1. The number of nitrogens with zero attached hydrogens (tertiary/aromatic N) is 3. The van der Waals surface area contributed by atoms with E-state index in [0.29, 0.717) is 31.6 Å². The summed E-state index contributed by atoms with van der Waals surface area (Å²) in [5.41, 5.74) is 0.478. The molecule has 0 aromatic carbocycles. The third-order valence-corrected chi connectivity index (χ3v) is 5.79. The Balaban J connectivity index is 1.39. The van der Waals surface area contributed by atoms with Crippen LogP contribution in [0, 0.1) is 5.41 Å². The van der Waals surface area contributed by atoms with Crippen molar-refractivity contribution in [3.63, 3.8) is 0 Å². The number of nitrogens with one attached hydrogen (secondary N) is 1. The third kappa shape index (κ3) is 3.97. The molecule has 0 aromatic heterocycles. The van der Waals surface area contributed by atoms with Crippen LogP contribution in [0.5, 0.6) is 0 Å². The first-order valence-corrected chi connectivity index (χ1v) is 9.00. The standard InChI is InChI=1S/C17H30N4O2/c1-17(5-6-17)7-8-18-16(23)21-12-10-20(11-13-21)15(22)14-4-3-9-19(14)2/h14H,3-13H2,1-2H3,(H,18,23)/t14-/m0/s1. The molecule has 1 saturated carbocycles. The quantitative estimate of drug-likeness (QED) is 0.844. The average Bonchev–Trinajstić information content (AvgIpc) is 3.12. The van der Waals surface area contributed by atoms with E-state index >= 15 is 0 Å². The Hall–Kier alpha value is -1.30. The van der Waals surface area contributed by atoms with Gasteiger partial charge in [-0.3, -0.25) is 9.69 Å². The number of hydrogen-bond acceptors (Lipinski definition) is 3. The maximum Gasteiger partial charge on any atom is 0.317 e. The Morgan fingerprint density at radius 2 is 1.74 bits per heavy atom. The van der Waals surface area contributed by atoms with E-state index < -0.39 is 0 Å². The zero-order valence-electron chi connectivity index (χ0n) is 14.5. The van der Waals surface area contributed by atoms with Gasteiger partial charge in [0.25, 0.3) is 0 Å². The number of carbonyl (C=O) groups excluding carboxylic acids is 2. The predicted molar refractivity (Wildman–Crippen MR) is 89.2 cm³/mol. The topological polar surface area (TPSA) is 55.9 Å². The average molecular weight is 322 g/mol. The van der Waals surface area contributed by atoms with Crippen molar-refractivity contribution in [2.75, 3.05) is 46.3 Å². The van der Waals surface area contributed by atoms with E-state index in [2.05, 4.69) is 17.1 Å². The Kier molecular flexibility index (Phi) is 4.80. The SMILES string of the molecule is CN1CCC[C@H]1C(=O)N1CCN(C(=O)NCCC2(C)CC2)CC1. The van der Waals surface area contributed by atoms with Crippen LogP contribution < -0.4 is 5.32 Å². The second-order valence-corrected chi connectivity index (χ2v) is 7.74. The zero-order valence-corrected chi connectivity index (χ0v) is 14.5. The molecule has 1 aliphatic carbocycles. The van der Waals surface area contributed by atoms with Crippen LogP contribution in [0.4, 0.5) is 4.79 Å². The second-order valence-electron chi connectivity index (χ2n) is 7.74. The van der Waals surface area contributed by atoms with E-state index in [1.165, 1.54) is 12.8 Å². The molecule has 0 aromatic rings. The van der Waals surface area contributed by atoms with Gasteiger partial charge in [0.05, 0.1) is 6.04 Å². The normalized spacial score (nSPS) is 27.1. The Bertz CT molecular complexity index is 456. The lowest BCUT2D eigenvalue weighted by molar-refractivity contribution is -0.137. The summed E-state index contributed by atoms with van der Waals surface area (Å²) >= 11 is 0. The highest BCUT2D eigenvalue weighted by molar-refractivity contribution is 5.82. The van der Waals surface area contributed by atoms with E-state index in [-0.39, 0.29) is 18.0 Å². The number of amides is 3. The highest BCUT2D eigenvalue weighted by Crippen LogP contribution is 2.47. The predicted octanol–water partition coefficient (Wildman–Crippen LogP) is 1.12. The molecule has 2 saturated heterocycles. The van der Waals surface area contributed by atoms with Gasteiger partial charge in [0.1, 0.15) is 0 Å². The molecule has 130 valence electrons. The lowest BCUT2D eigenvalue weighted by Gasteiger charge is -2.36. The lowest BCUT2D eigenvalue weighted by atomic mass is 10.1. The first kappa shape index (κ1) is 16.6. The summed E-state index contributed by atoms with van der Waals surface area (Å²) in [6, 6.07) is 0.0778. The molecule has 3 amide bonds. The minimum atomic E-state index is 0.0272. The maximum absolute atomic E-state index is 12.5. The molecule has 6 nitrogen and oxygen atoms in total. The van der Waals surface area contributed by atoms with E-state index in [9.17, 15) is 9.59 Å². The van der Waals surface area contributed by atoms with Crippen LogP contribution in [0.2, 0.25) is 0 Å². The lowest BCUT2D eigenvalue weighted by Crippen LogP contribution is -2.56. The third-order valence-electron chi connectivity index (χ3n) is 5.79. The fourth-order valence-electron chi connectivity index (χ4n) is 3.61. The summed E-state index contributed by atoms with van der Waals surface area (Å²) in [5, 5.41) is 3.03. The minimum absolute atomic E-state index is 0.0272. The van der Waals surface area contributed by atoms with E-state index in [1.54, 1.807) is 0 Å². The zero-order chi connectivity index (χ0) is 16.4. The number of likely N-dealkylation sites (tertiary alicyclic amines) is 1. The summed E-state index contributed by atoms with van der Waals surface area (Å²) in [7, 11) is 2.03. The van der Waals surface area contributed by atoms with Crippen LogP contribution >= 0.6 is 0 Å².